The Morgan fingerprint density at radius 2 is 1.63 bits per heavy atom. The van der Waals surface area contributed by atoms with Crippen LogP contribution in [0, 0.1) is 5.41 Å². The number of carbonyl (C=O) groups is 1. The van der Waals surface area contributed by atoms with Crippen molar-refractivity contribution in [2.75, 3.05) is 7.05 Å². The van der Waals surface area contributed by atoms with Crippen LogP contribution in [0.25, 0.3) is 0 Å². The number of nitrogens with one attached hydrogen (secondary N) is 1. The van der Waals surface area contributed by atoms with Gasteiger partial charge in [0.2, 0.25) is 0 Å². The minimum Gasteiger partial charge on any atom is -0.335 e. The average molecular weight is 266 g/mol. The van der Waals surface area contributed by atoms with Crippen LogP contribution in [0.4, 0.5) is 4.79 Å². The second-order valence-corrected chi connectivity index (χ2v) is 7.29. The van der Waals surface area contributed by atoms with E-state index in [0.717, 1.165) is 25.7 Å². The quantitative estimate of drug-likeness (QED) is 0.807. The van der Waals surface area contributed by atoms with E-state index < -0.39 is 0 Å². The van der Waals surface area contributed by atoms with Gasteiger partial charge in [-0.2, -0.15) is 0 Å². The summed E-state index contributed by atoms with van der Waals surface area (Å²) in [6.07, 6.45) is 11.0. The summed E-state index contributed by atoms with van der Waals surface area (Å²) < 4.78 is 0. The number of urea groups is 1. The lowest BCUT2D eigenvalue weighted by molar-refractivity contribution is 0.132. The van der Waals surface area contributed by atoms with E-state index in [0.29, 0.717) is 17.5 Å². The van der Waals surface area contributed by atoms with Gasteiger partial charge in [0.05, 0.1) is 0 Å². The topological polar surface area (TPSA) is 32.3 Å². The molecule has 2 aliphatic carbocycles. The van der Waals surface area contributed by atoms with Crippen molar-refractivity contribution < 1.29 is 4.79 Å². The molecule has 0 atom stereocenters. The summed E-state index contributed by atoms with van der Waals surface area (Å²) in [7, 11) is 1.97. The van der Waals surface area contributed by atoms with E-state index in [1.807, 2.05) is 11.9 Å². The summed E-state index contributed by atoms with van der Waals surface area (Å²) >= 11 is 0. The van der Waals surface area contributed by atoms with Gasteiger partial charge in [-0.1, -0.05) is 33.1 Å². The van der Waals surface area contributed by atoms with Gasteiger partial charge < -0.3 is 10.2 Å². The maximum absolute atomic E-state index is 12.3. The third kappa shape index (κ3) is 4.12. The normalized spacial score (nSPS) is 25.0. The summed E-state index contributed by atoms with van der Waals surface area (Å²) in [5.74, 6) is 0. The van der Waals surface area contributed by atoms with Crippen molar-refractivity contribution in [1.82, 2.24) is 10.2 Å². The number of amides is 2. The molecule has 0 aromatic heterocycles. The van der Waals surface area contributed by atoms with Crippen LogP contribution in [0.15, 0.2) is 0 Å². The first-order chi connectivity index (χ1) is 8.98. The molecular weight excluding hydrogens is 236 g/mol. The highest BCUT2D eigenvalue weighted by atomic mass is 16.2. The molecule has 0 aromatic carbocycles. The Hall–Kier alpha value is -0.730. The van der Waals surface area contributed by atoms with Gasteiger partial charge in [0.1, 0.15) is 0 Å². The fourth-order valence-electron chi connectivity index (χ4n) is 3.46. The molecule has 0 aliphatic heterocycles. The number of nitrogens with zero attached hydrogens (tertiary/aromatic N) is 1. The van der Waals surface area contributed by atoms with Gasteiger partial charge in [0, 0.05) is 19.1 Å². The van der Waals surface area contributed by atoms with Crippen LogP contribution in [-0.2, 0) is 0 Å². The van der Waals surface area contributed by atoms with Crippen LogP contribution in [0.5, 0.6) is 0 Å². The average Bonchev–Trinajstić information content (AvgIpc) is 2.39. The predicted molar refractivity (Wildman–Crippen MR) is 79.2 cm³/mol. The number of hydrogen-bond donors (Lipinski definition) is 1. The minimum atomic E-state index is 0.150. The third-order valence-electron chi connectivity index (χ3n) is 5.11. The van der Waals surface area contributed by atoms with Gasteiger partial charge in [-0.15, -0.1) is 0 Å². The van der Waals surface area contributed by atoms with Crippen molar-refractivity contribution in [1.29, 1.82) is 0 Å². The van der Waals surface area contributed by atoms with Crippen LogP contribution in [-0.4, -0.2) is 30.1 Å². The predicted octanol–water partition coefficient (Wildman–Crippen LogP) is 3.93. The summed E-state index contributed by atoms with van der Waals surface area (Å²) in [6, 6.07) is 1.01. The maximum atomic E-state index is 12.3. The standard InChI is InChI=1S/C16H30N2O/c1-16(2)11-9-14(10-12-16)18(3)15(19)17-13-7-5-4-6-8-13/h13-14H,4-12H2,1-3H3,(H,17,19). The Morgan fingerprint density at radius 3 is 2.21 bits per heavy atom. The highest BCUT2D eigenvalue weighted by molar-refractivity contribution is 5.74. The molecule has 2 saturated carbocycles. The second kappa shape index (κ2) is 6.15. The van der Waals surface area contributed by atoms with Crippen LogP contribution < -0.4 is 5.32 Å². The summed E-state index contributed by atoms with van der Waals surface area (Å²) in [4.78, 5) is 14.2. The van der Waals surface area contributed by atoms with Gasteiger partial charge >= 0.3 is 6.03 Å². The van der Waals surface area contributed by atoms with E-state index in [4.69, 9.17) is 0 Å². The Bertz CT molecular complexity index is 298. The monoisotopic (exact) mass is 266 g/mol. The molecule has 2 amide bonds. The van der Waals surface area contributed by atoms with Crippen molar-refractivity contribution in [2.24, 2.45) is 5.41 Å². The zero-order chi connectivity index (χ0) is 13.9. The van der Waals surface area contributed by atoms with E-state index in [9.17, 15) is 4.79 Å². The number of hydrogen-bond acceptors (Lipinski definition) is 1. The van der Waals surface area contributed by atoms with E-state index in [1.54, 1.807) is 0 Å². The molecule has 2 rings (SSSR count). The van der Waals surface area contributed by atoms with Gasteiger partial charge in [-0.25, -0.2) is 4.79 Å². The fourth-order valence-corrected chi connectivity index (χ4v) is 3.46. The lowest BCUT2D eigenvalue weighted by Gasteiger charge is -2.39. The van der Waals surface area contributed by atoms with Crippen molar-refractivity contribution in [3.05, 3.63) is 0 Å². The highest BCUT2D eigenvalue weighted by Crippen LogP contribution is 2.36. The molecule has 0 unspecified atom stereocenters. The molecular formula is C16H30N2O. The molecule has 3 heteroatoms. The van der Waals surface area contributed by atoms with Crippen LogP contribution in [0.1, 0.15) is 71.6 Å². The summed E-state index contributed by atoms with van der Waals surface area (Å²) in [5.41, 5.74) is 0.469. The van der Waals surface area contributed by atoms with Gasteiger partial charge in [-0.3, -0.25) is 0 Å². The van der Waals surface area contributed by atoms with Crippen molar-refractivity contribution in [3.8, 4) is 0 Å². The summed E-state index contributed by atoms with van der Waals surface area (Å²) in [6.45, 7) is 4.68. The lowest BCUT2D eigenvalue weighted by Crippen LogP contribution is -2.49. The van der Waals surface area contributed by atoms with E-state index in [2.05, 4.69) is 19.2 Å². The molecule has 19 heavy (non-hydrogen) atoms. The Balaban J connectivity index is 1.78. The maximum Gasteiger partial charge on any atom is 0.317 e. The third-order valence-corrected chi connectivity index (χ3v) is 5.11. The summed E-state index contributed by atoms with van der Waals surface area (Å²) in [5, 5.41) is 3.22. The van der Waals surface area contributed by atoms with Crippen molar-refractivity contribution in [2.45, 2.75) is 83.7 Å². The minimum absolute atomic E-state index is 0.150. The molecule has 3 nitrogen and oxygen atoms in total. The second-order valence-electron chi connectivity index (χ2n) is 7.29. The smallest absolute Gasteiger partial charge is 0.317 e. The van der Waals surface area contributed by atoms with Gasteiger partial charge in [-0.05, 0) is 43.9 Å². The molecule has 0 heterocycles. The zero-order valence-corrected chi connectivity index (χ0v) is 12.9. The van der Waals surface area contributed by atoms with Crippen molar-refractivity contribution >= 4 is 6.03 Å². The van der Waals surface area contributed by atoms with Crippen LogP contribution in [0.2, 0.25) is 0 Å². The van der Waals surface area contributed by atoms with E-state index in [-0.39, 0.29) is 6.03 Å². The van der Waals surface area contributed by atoms with Crippen LogP contribution >= 0.6 is 0 Å². The first-order valence-corrected chi connectivity index (χ1v) is 8.01. The van der Waals surface area contributed by atoms with Gasteiger partial charge in [0.15, 0.2) is 0 Å². The zero-order valence-electron chi connectivity index (χ0n) is 12.9. The molecule has 2 fully saturated rings. The van der Waals surface area contributed by atoms with E-state index in [1.165, 1.54) is 32.1 Å². The molecule has 0 spiro atoms. The Kier molecular flexibility index (Phi) is 4.75. The molecule has 1 N–H and O–H groups in total. The van der Waals surface area contributed by atoms with Crippen LogP contribution in [0.3, 0.4) is 0 Å². The number of rotatable bonds is 2. The lowest BCUT2D eigenvalue weighted by atomic mass is 9.75. The molecule has 0 bridgehead atoms. The highest BCUT2D eigenvalue weighted by Gasteiger charge is 2.31. The molecule has 0 aromatic rings. The molecule has 2 aliphatic rings. The molecule has 110 valence electrons. The first-order valence-electron chi connectivity index (χ1n) is 8.01. The molecule has 0 radical (unpaired) electrons. The Labute approximate surface area is 118 Å². The largest absolute Gasteiger partial charge is 0.335 e. The molecule has 0 saturated heterocycles. The van der Waals surface area contributed by atoms with Crippen molar-refractivity contribution in [3.63, 3.8) is 0 Å². The first kappa shape index (κ1) is 14.7. The van der Waals surface area contributed by atoms with Gasteiger partial charge in [0.25, 0.3) is 0 Å². The fraction of sp³-hybridized carbons (Fsp3) is 0.938. The Morgan fingerprint density at radius 1 is 1.05 bits per heavy atom. The van der Waals surface area contributed by atoms with E-state index >= 15 is 0 Å². The number of carbonyl (C=O) groups excluding carboxylic acids is 1. The SMILES string of the molecule is CN(C(=O)NC1CCCCC1)C1CCC(C)(C)CC1.